The van der Waals surface area contributed by atoms with Gasteiger partial charge in [0.2, 0.25) is 11.9 Å². The minimum absolute atomic E-state index is 0.00183. The van der Waals surface area contributed by atoms with Crippen LogP contribution >= 0.6 is 0 Å². The molecule has 0 radical (unpaired) electrons. The average molecular weight is 452 g/mol. The molecule has 2 aromatic rings. The van der Waals surface area contributed by atoms with Gasteiger partial charge in [-0.2, -0.15) is 13.2 Å². The Balaban J connectivity index is 0.000000360. The molecular formula is C21H23F3N4O4. The number of carboxylic acids is 1. The summed E-state index contributed by atoms with van der Waals surface area (Å²) in [7, 11) is 0. The number of fused-ring (bicyclic) bond motifs is 1. The number of nitrogens with zero attached hydrogens (tertiary/aromatic N) is 3. The number of alkyl halides is 3. The molecule has 0 aliphatic carbocycles. The molecule has 0 bridgehead atoms. The second kappa shape index (κ2) is 9.41. The van der Waals surface area contributed by atoms with Gasteiger partial charge < -0.3 is 20.1 Å². The van der Waals surface area contributed by atoms with Crippen molar-refractivity contribution in [1.29, 1.82) is 0 Å². The third-order valence-corrected chi connectivity index (χ3v) is 5.33. The smallest absolute Gasteiger partial charge is 0.487 e. The summed E-state index contributed by atoms with van der Waals surface area (Å²) < 4.78 is 38.2. The fraction of sp³-hybridized carbons (Fsp3) is 0.429. The van der Waals surface area contributed by atoms with E-state index in [1.165, 1.54) is 0 Å². The maximum absolute atomic E-state index is 11.7. The van der Waals surface area contributed by atoms with Gasteiger partial charge in [-0.05, 0) is 12.1 Å². The standard InChI is InChI=1S/C19H22N4O2.C2HF3O2/c1-14(24)22-16-13-19(25-17-6-3-2-5-15(16)17)7-11-23(12-8-19)18-20-9-4-10-21-18;3-2(4,5)1(6)7/h2-6,9-10,16H,7-8,11-13H2,1H3,(H,22,24);(H,6,7). The third-order valence-electron chi connectivity index (χ3n) is 5.33. The van der Waals surface area contributed by atoms with Crippen LogP contribution in [0.4, 0.5) is 19.1 Å². The van der Waals surface area contributed by atoms with E-state index in [9.17, 15) is 18.0 Å². The number of carbonyl (C=O) groups excluding carboxylic acids is 1. The monoisotopic (exact) mass is 452 g/mol. The number of anilines is 1. The van der Waals surface area contributed by atoms with Crippen LogP contribution in [0.5, 0.6) is 5.75 Å². The van der Waals surface area contributed by atoms with Gasteiger partial charge in [-0.1, -0.05) is 18.2 Å². The largest absolute Gasteiger partial charge is 0.490 e. The highest BCUT2D eigenvalue weighted by Gasteiger charge is 2.43. The number of para-hydroxylation sites is 1. The molecule has 3 heterocycles. The van der Waals surface area contributed by atoms with Crippen molar-refractivity contribution in [3.05, 3.63) is 48.3 Å². The minimum Gasteiger partial charge on any atom is -0.487 e. The maximum atomic E-state index is 11.7. The predicted octanol–water partition coefficient (Wildman–Crippen LogP) is 3.11. The van der Waals surface area contributed by atoms with Gasteiger partial charge in [0, 0.05) is 57.2 Å². The molecule has 2 aliphatic rings. The van der Waals surface area contributed by atoms with Gasteiger partial charge >= 0.3 is 12.1 Å². The normalized spacial score (nSPS) is 19.1. The Kier molecular flexibility index (Phi) is 6.85. The van der Waals surface area contributed by atoms with E-state index in [2.05, 4.69) is 20.2 Å². The van der Waals surface area contributed by atoms with Crippen molar-refractivity contribution in [2.45, 2.75) is 44.0 Å². The molecule has 4 rings (SSSR count). The van der Waals surface area contributed by atoms with Crippen LogP contribution in [-0.4, -0.2) is 51.8 Å². The highest BCUT2D eigenvalue weighted by Crippen LogP contribution is 2.44. The molecule has 1 aromatic heterocycles. The summed E-state index contributed by atoms with van der Waals surface area (Å²) in [5.41, 5.74) is 0.823. The molecule has 2 aliphatic heterocycles. The number of rotatable bonds is 2. The summed E-state index contributed by atoms with van der Waals surface area (Å²) in [6.45, 7) is 3.26. The summed E-state index contributed by atoms with van der Waals surface area (Å²) in [5, 5.41) is 10.2. The first kappa shape index (κ1) is 23.3. The fourth-order valence-corrected chi connectivity index (χ4v) is 3.87. The van der Waals surface area contributed by atoms with Crippen LogP contribution in [-0.2, 0) is 9.59 Å². The van der Waals surface area contributed by atoms with Gasteiger partial charge in [-0.25, -0.2) is 14.8 Å². The van der Waals surface area contributed by atoms with E-state index in [-0.39, 0.29) is 17.6 Å². The summed E-state index contributed by atoms with van der Waals surface area (Å²) in [5.74, 6) is -1.11. The van der Waals surface area contributed by atoms with Crippen LogP contribution in [0.2, 0.25) is 0 Å². The van der Waals surface area contributed by atoms with Gasteiger partial charge in [-0.3, -0.25) is 4.79 Å². The molecule has 2 N–H and O–H groups in total. The van der Waals surface area contributed by atoms with E-state index < -0.39 is 12.1 Å². The van der Waals surface area contributed by atoms with Gasteiger partial charge in [-0.15, -0.1) is 0 Å². The van der Waals surface area contributed by atoms with Crippen molar-refractivity contribution in [3.63, 3.8) is 0 Å². The van der Waals surface area contributed by atoms with Crippen LogP contribution < -0.4 is 15.0 Å². The Bertz CT molecular complexity index is 948. The lowest BCUT2D eigenvalue weighted by molar-refractivity contribution is -0.192. The highest BCUT2D eigenvalue weighted by molar-refractivity contribution is 5.74. The lowest BCUT2D eigenvalue weighted by Crippen LogP contribution is -2.52. The molecule has 172 valence electrons. The van der Waals surface area contributed by atoms with E-state index in [4.69, 9.17) is 14.6 Å². The Hall–Kier alpha value is -3.37. The van der Waals surface area contributed by atoms with Crippen LogP contribution in [0.15, 0.2) is 42.7 Å². The van der Waals surface area contributed by atoms with Crippen molar-refractivity contribution in [2.24, 2.45) is 0 Å². The van der Waals surface area contributed by atoms with Crippen molar-refractivity contribution in [2.75, 3.05) is 18.0 Å². The molecule has 1 aromatic carbocycles. The van der Waals surface area contributed by atoms with Crippen molar-refractivity contribution >= 4 is 17.8 Å². The van der Waals surface area contributed by atoms with E-state index >= 15 is 0 Å². The zero-order chi connectivity index (χ0) is 23.4. The molecule has 0 saturated carbocycles. The van der Waals surface area contributed by atoms with E-state index in [0.29, 0.717) is 0 Å². The molecule has 11 heteroatoms. The van der Waals surface area contributed by atoms with E-state index in [0.717, 1.165) is 49.6 Å². The lowest BCUT2D eigenvalue weighted by Gasteiger charge is -2.46. The molecule has 1 unspecified atom stereocenters. The quantitative estimate of drug-likeness (QED) is 0.722. The van der Waals surface area contributed by atoms with Gasteiger partial charge in [0.15, 0.2) is 0 Å². The fourth-order valence-electron chi connectivity index (χ4n) is 3.87. The molecule has 1 fully saturated rings. The Morgan fingerprint density at radius 3 is 2.31 bits per heavy atom. The molecule has 1 spiro atoms. The average Bonchev–Trinajstić information content (AvgIpc) is 2.74. The number of carbonyl (C=O) groups is 2. The predicted molar refractivity (Wildman–Crippen MR) is 108 cm³/mol. The topological polar surface area (TPSA) is 105 Å². The molecular weight excluding hydrogens is 429 g/mol. The van der Waals surface area contributed by atoms with Crippen molar-refractivity contribution in [1.82, 2.24) is 15.3 Å². The number of hydrogen-bond donors (Lipinski definition) is 2. The first-order valence-corrected chi connectivity index (χ1v) is 9.97. The molecule has 1 amide bonds. The molecule has 1 saturated heterocycles. The Labute approximate surface area is 182 Å². The van der Waals surface area contributed by atoms with Gasteiger partial charge in [0.05, 0.1) is 6.04 Å². The molecule has 8 nitrogen and oxygen atoms in total. The number of benzene rings is 1. The van der Waals surface area contributed by atoms with Crippen LogP contribution in [0.25, 0.3) is 0 Å². The number of ether oxygens (including phenoxy) is 1. The van der Waals surface area contributed by atoms with Gasteiger partial charge in [0.1, 0.15) is 11.4 Å². The number of halogens is 3. The minimum atomic E-state index is -5.08. The van der Waals surface area contributed by atoms with E-state index in [1.807, 2.05) is 30.3 Å². The van der Waals surface area contributed by atoms with Crippen LogP contribution in [0.1, 0.15) is 37.8 Å². The summed E-state index contributed by atoms with van der Waals surface area (Å²) in [6, 6.07) is 9.84. The number of carboxylic acid groups (broad SMARTS) is 1. The van der Waals surface area contributed by atoms with Gasteiger partial charge in [0.25, 0.3) is 0 Å². The van der Waals surface area contributed by atoms with E-state index in [1.54, 1.807) is 19.3 Å². The summed E-state index contributed by atoms with van der Waals surface area (Å²) >= 11 is 0. The highest BCUT2D eigenvalue weighted by atomic mass is 19.4. The Morgan fingerprint density at radius 1 is 1.16 bits per heavy atom. The third kappa shape index (κ3) is 5.65. The first-order valence-electron chi connectivity index (χ1n) is 9.97. The zero-order valence-corrected chi connectivity index (χ0v) is 17.3. The second-order valence-electron chi connectivity index (χ2n) is 7.62. The number of aliphatic carboxylic acids is 1. The lowest BCUT2D eigenvalue weighted by atomic mass is 9.80. The number of piperidine rings is 1. The maximum Gasteiger partial charge on any atom is 0.490 e. The molecule has 32 heavy (non-hydrogen) atoms. The van der Waals surface area contributed by atoms with Crippen LogP contribution in [0.3, 0.4) is 0 Å². The number of hydrogen-bond acceptors (Lipinski definition) is 6. The zero-order valence-electron chi connectivity index (χ0n) is 17.3. The van der Waals surface area contributed by atoms with Crippen LogP contribution in [0, 0.1) is 0 Å². The SMILES string of the molecule is CC(=O)NC1CC2(CCN(c3ncccn3)CC2)Oc2ccccc21.O=C(O)C(F)(F)F. The first-order chi connectivity index (χ1) is 15.1. The summed E-state index contributed by atoms with van der Waals surface area (Å²) in [6.07, 6.45) is 1.03. The second-order valence-corrected chi connectivity index (χ2v) is 7.62. The van der Waals surface area contributed by atoms with Crippen molar-refractivity contribution < 1.29 is 32.6 Å². The number of nitrogens with one attached hydrogen (secondary N) is 1. The Morgan fingerprint density at radius 2 is 1.75 bits per heavy atom. The summed E-state index contributed by atoms with van der Waals surface area (Å²) in [4.78, 5) is 31.4. The molecule has 1 atom stereocenters. The van der Waals surface area contributed by atoms with Crippen molar-refractivity contribution in [3.8, 4) is 5.75 Å². The number of amides is 1. The number of aromatic nitrogens is 2.